The molecule has 0 radical (unpaired) electrons. The molecular weight excluding hydrogens is 169 g/mol. The maximum absolute atomic E-state index is 13.3. The van der Waals surface area contributed by atoms with Crippen LogP contribution in [0.15, 0.2) is 18.3 Å². The van der Waals surface area contributed by atoms with Crippen molar-refractivity contribution >= 4 is 10.9 Å². The Bertz CT molecular complexity index is 447. The highest BCUT2D eigenvalue weighted by atomic mass is 19.1. The van der Waals surface area contributed by atoms with Crippen molar-refractivity contribution in [3.63, 3.8) is 0 Å². The number of aromatic amines is 1. The van der Waals surface area contributed by atoms with Crippen LogP contribution in [0, 0.1) is 5.82 Å². The number of fused-ring (bicyclic) bond motifs is 1. The second-order valence-electron chi connectivity index (χ2n) is 2.99. The van der Waals surface area contributed by atoms with E-state index in [2.05, 4.69) is 4.98 Å². The quantitative estimate of drug-likeness (QED) is 0.693. The lowest BCUT2D eigenvalue weighted by Crippen LogP contribution is -1.80. The minimum atomic E-state index is -0.572. The van der Waals surface area contributed by atoms with Crippen LogP contribution in [0.3, 0.4) is 0 Å². The Morgan fingerprint density at radius 1 is 1.46 bits per heavy atom. The van der Waals surface area contributed by atoms with Crippen molar-refractivity contribution in [3.8, 4) is 5.75 Å². The molecule has 2 N–H and O–H groups in total. The highest BCUT2D eigenvalue weighted by molar-refractivity contribution is 5.85. The van der Waals surface area contributed by atoms with Gasteiger partial charge in [0.2, 0.25) is 0 Å². The predicted octanol–water partition coefficient (Wildman–Crippen LogP) is 2.58. The lowest BCUT2D eigenvalue weighted by molar-refractivity contribution is 0.435. The highest BCUT2D eigenvalue weighted by Gasteiger charge is 2.09. The number of rotatable bonds is 1. The van der Waals surface area contributed by atoms with Crippen LogP contribution in [-0.4, -0.2) is 10.1 Å². The molecule has 0 saturated heterocycles. The molecule has 0 aliphatic carbocycles. The van der Waals surface area contributed by atoms with Gasteiger partial charge >= 0.3 is 0 Å². The fraction of sp³-hybridized carbons (Fsp3) is 0.200. The van der Waals surface area contributed by atoms with Crippen molar-refractivity contribution in [2.24, 2.45) is 0 Å². The summed E-state index contributed by atoms with van der Waals surface area (Å²) >= 11 is 0. The van der Waals surface area contributed by atoms with Crippen molar-refractivity contribution in [1.29, 1.82) is 0 Å². The molecule has 68 valence electrons. The molecule has 0 amide bonds. The Hall–Kier alpha value is -1.51. The fourth-order valence-electron chi connectivity index (χ4n) is 1.50. The minimum absolute atomic E-state index is 0.308. The number of H-pyrrole nitrogens is 1. The van der Waals surface area contributed by atoms with Gasteiger partial charge in [0.15, 0.2) is 11.6 Å². The lowest BCUT2D eigenvalue weighted by atomic mass is 10.1. The zero-order chi connectivity index (χ0) is 9.42. The second kappa shape index (κ2) is 2.76. The normalized spacial score (nSPS) is 10.9. The summed E-state index contributed by atoms with van der Waals surface area (Å²) in [6.07, 6.45) is 2.62. The summed E-state index contributed by atoms with van der Waals surface area (Å²) in [5.41, 5.74) is 1.45. The summed E-state index contributed by atoms with van der Waals surface area (Å²) in [7, 11) is 0. The van der Waals surface area contributed by atoms with Gasteiger partial charge < -0.3 is 10.1 Å². The average molecular weight is 179 g/mol. The van der Waals surface area contributed by atoms with E-state index >= 15 is 0 Å². The van der Waals surface area contributed by atoms with E-state index in [-0.39, 0.29) is 5.75 Å². The number of halogens is 1. The smallest absolute Gasteiger partial charge is 0.188 e. The first kappa shape index (κ1) is 8.10. The van der Waals surface area contributed by atoms with Gasteiger partial charge in [0, 0.05) is 11.6 Å². The minimum Gasteiger partial charge on any atom is -0.505 e. The Morgan fingerprint density at radius 2 is 2.23 bits per heavy atom. The SMILES string of the molecule is CCc1c[nH]c2c(F)c(O)ccc12. The maximum atomic E-state index is 13.3. The van der Waals surface area contributed by atoms with Gasteiger partial charge in [-0.05, 0) is 24.1 Å². The van der Waals surface area contributed by atoms with E-state index in [1.165, 1.54) is 6.07 Å². The van der Waals surface area contributed by atoms with Crippen molar-refractivity contribution in [3.05, 3.63) is 29.7 Å². The highest BCUT2D eigenvalue weighted by Crippen LogP contribution is 2.26. The molecular formula is C10H10FNO. The summed E-state index contributed by atoms with van der Waals surface area (Å²) < 4.78 is 13.3. The molecule has 3 heteroatoms. The Kier molecular flexibility index (Phi) is 1.72. The van der Waals surface area contributed by atoms with Crippen LogP contribution in [0.25, 0.3) is 10.9 Å². The molecule has 0 aliphatic heterocycles. The summed E-state index contributed by atoms with van der Waals surface area (Å²) in [6.45, 7) is 2.01. The number of aromatic nitrogens is 1. The van der Waals surface area contributed by atoms with Gasteiger partial charge in [0.05, 0.1) is 5.52 Å². The number of phenols is 1. The number of nitrogens with one attached hydrogen (secondary N) is 1. The van der Waals surface area contributed by atoms with Crippen molar-refractivity contribution < 1.29 is 9.50 Å². The third kappa shape index (κ3) is 1.08. The Morgan fingerprint density at radius 3 is 2.92 bits per heavy atom. The van der Waals surface area contributed by atoms with E-state index in [9.17, 15) is 4.39 Å². The van der Waals surface area contributed by atoms with Gasteiger partial charge in [-0.15, -0.1) is 0 Å². The first-order valence-electron chi connectivity index (χ1n) is 4.21. The largest absolute Gasteiger partial charge is 0.505 e. The van der Waals surface area contributed by atoms with Gasteiger partial charge in [0.1, 0.15) is 0 Å². The molecule has 0 aliphatic rings. The zero-order valence-corrected chi connectivity index (χ0v) is 7.26. The monoisotopic (exact) mass is 179 g/mol. The first-order valence-corrected chi connectivity index (χ1v) is 4.21. The van der Waals surface area contributed by atoms with E-state index in [0.29, 0.717) is 5.52 Å². The van der Waals surface area contributed by atoms with Crippen LogP contribution < -0.4 is 0 Å². The molecule has 13 heavy (non-hydrogen) atoms. The Labute approximate surface area is 75.0 Å². The third-order valence-corrected chi connectivity index (χ3v) is 2.24. The van der Waals surface area contributed by atoms with Crippen molar-refractivity contribution in [1.82, 2.24) is 4.98 Å². The fourth-order valence-corrected chi connectivity index (χ4v) is 1.50. The number of phenolic OH excluding ortho intramolecular Hbond substituents is 1. The predicted molar refractivity (Wildman–Crippen MR) is 49.3 cm³/mol. The van der Waals surface area contributed by atoms with Gasteiger partial charge in [0.25, 0.3) is 0 Å². The summed E-state index contributed by atoms with van der Waals surface area (Å²) in [4.78, 5) is 2.81. The Balaban J connectivity index is 2.81. The zero-order valence-electron chi connectivity index (χ0n) is 7.26. The van der Waals surface area contributed by atoms with Gasteiger partial charge in [-0.2, -0.15) is 0 Å². The molecule has 0 saturated carbocycles. The molecule has 1 aromatic carbocycles. The standard InChI is InChI=1S/C10H10FNO/c1-2-6-5-12-10-7(6)3-4-8(13)9(10)11/h3-5,12-13H,2H2,1H3. The summed E-state index contributed by atoms with van der Waals surface area (Å²) in [5.74, 6) is -0.880. The summed E-state index contributed by atoms with van der Waals surface area (Å²) in [6, 6.07) is 3.10. The molecule has 2 rings (SSSR count). The maximum Gasteiger partial charge on any atom is 0.188 e. The van der Waals surface area contributed by atoms with E-state index in [0.717, 1.165) is 17.4 Å². The van der Waals surface area contributed by atoms with E-state index in [1.54, 1.807) is 12.3 Å². The number of hydrogen-bond donors (Lipinski definition) is 2. The second-order valence-corrected chi connectivity index (χ2v) is 2.99. The molecule has 0 unspecified atom stereocenters. The topological polar surface area (TPSA) is 36.0 Å². The number of benzene rings is 1. The number of aromatic hydroxyl groups is 1. The van der Waals surface area contributed by atoms with E-state index in [1.807, 2.05) is 6.92 Å². The molecule has 2 aromatic rings. The van der Waals surface area contributed by atoms with Crippen LogP contribution >= 0.6 is 0 Å². The van der Waals surface area contributed by atoms with Gasteiger partial charge in [-0.1, -0.05) is 6.92 Å². The van der Waals surface area contributed by atoms with Gasteiger partial charge in [-0.25, -0.2) is 4.39 Å². The van der Waals surface area contributed by atoms with Crippen LogP contribution in [0.2, 0.25) is 0 Å². The molecule has 0 atom stereocenters. The third-order valence-electron chi connectivity index (χ3n) is 2.24. The van der Waals surface area contributed by atoms with Crippen LogP contribution in [0.1, 0.15) is 12.5 Å². The van der Waals surface area contributed by atoms with E-state index < -0.39 is 5.82 Å². The lowest BCUT2D eigenvalue weighted by Gasteiger charge is -1.97. The molecule has 0 bridgehead atoms. The average Bonchev–Trinajstić information content (AvgIpc) is 2.55. The van der Waals surface area contributed by atoms with Gasteiger partial charge in [-0.3, -0.25) is 0 Å². The van der Waals surface area contributed by atoms with Crippen LogP contribution in [0.5, 0.6) is 5.75 Å². The van der Waals surface area contributed by atoms with Crippen molar-refractivity contribution in [2.45, 2.75) is 13.3 Å². The molecule has 0 spiro atoms. The molecule has 1 heterocycles. The number of aryl methyl sites for hydroxylation is 1. The van der Waals surface area contributed by atoms with Crippen LogP contribution in [0.4, 0.5) is 4.39 Å². The van der Waals surface area contributed by atoms with E-state index in [4.69, 9.17) is 5.11 Å². The first-order chi connectivity index (χ1) is 6.24. The summed E-state index contributed by atoms with van der Waals surface area (Å²) in [5, 5.41) is 9.95. The number of hydrogen-bond acceptors (Lipinski definition) is 1. The van der Waals surface area contributed by atoms with Crippen molar-refractivity contribution in [2.75, 3.05) is 0 Å². The molecule has 1 aromatic heterocycles. The molecule has 0 fully saturated rings. The molecule has 2 nitrogen and oxygen atoms in total. The van der Waals surface area contributed by atoms with Crippen LogP contribution in [-0.2, 0) is 6.42 Å².